The van der Waals surface area contributed by atoms with E-state index in [0.29, 0.717) is 5.78 Å². The van der Waals surface area contributed by atoms with Crippen LogP contribution in [0, 0.1) is 13.8 Å². The fraction of sp³-hybridized carbons (Fsp3) is 0.167. The van der Waals surface area contributed by atoms with Crippen LogP contribution in [0.3, 0.4) is 0 Å². The monoisotopic (exact) mass is 225 g/mol. The Morgan fingerprint density at radius 3 is 2.53 bits per heavy atom. The van der Waals surface area contributed by atoms with Crippen LogP contribution in [0.5, 0.6) is 0 Å². The number of fused-ring (bicyclic) bond motifs is 1. The van der Waals surface area contributed by atoms with Crippen LogP contribution in [0.15, 0.2) is 30.5 Å². The van der Waals surface area contributed by atoms with Gasteiger partial charge in [-0.25, -0.2) is 4.98 Å². The quantitative estimate of drug-likeness (QED) is 0.633. The minimum atomic E-state index is 0.528. The molecule has 0 fully saturated rings. The molecule has 3 aromatic rings. The summed E-state index contributed by atoms with van der Waals surface area (Å²) in [5, 5.41) is 12.2. The molecule has 5 nitrogen and oxygen atoms in total. The highest BCUT2D eigenvalue weighted by Crippen LogP contribution is 2.16. The first-order valence-corrected chi connectivity index (χ1v) is 5.36. The smallest absolute Gasteiger partial charge is 0.208 e. The summed E-state index contributed by atoms with van der Waals surface area (Å²) in [5.74, 6) is 1.27. The second-order valence-electron chi connectivity index (χ2n) is 3.97. The molecule has 0 radical (unpaired) electrons. The Labute approximate surface area is 98.2 Å². The summed E-state index contributed by atoms with van der Waals surface area (Å²) in [4.78, 5) is 4.42. The molecule has 0 saturated heterocycles. The van der Waals surface area contributed by atoms with E-state index >= 15 is 0 Å². The Morgan fingerprint density at radius 1 is 1.00 bits per heavy atom. The molecule has 0 aliphatic rings. The molecular weight excluding hydrogens is 214 g/mol. The van der Waals surface area contributed by atoms with Gasteiger partial charge in [-0.05, 0) is 13.8 Å². The summed E-state index contributed by atoms with van der Waals surface area (Å²) < 4.78 is 1.62. The first kappa shape index (κ1) is 9.89. The van der Waals surface area contributed by atoms with Gasteiger partial charge in [-0.15, -0.1) is 10.2 Å². The molecule has 0 atom stereocenters. The Hall–Kier alpha value is -2.30. The molecule has 3 rings (SSSR count). The van der Waals surface area contributed by atoms with Crippen LogP contribution in [0.2, 0.25) is 0 Å². The highest BCUT2D eigenvalue weighted by Gasteiger charge is 2.06. The van der Waals surface area contributed by atoms with E-state index < -0.39 is 0 Å². The molecule has 2 aromatic heterocycles. The summed E-state index contributed by atoms with van der Waals surface area (Å²) in [6.07, 6.45) is 1.73. The maximum Gasteiger partial charge on any atom is 0.272 e. The van der Waals surface area contributed by atoms with Crippen LogP contribution in [0.4, 0.5) is 0 Å². The van der Waals surface area contributed by atoms with Crippen molar-refractivity contribution in [3.63, 3.8) is 0 Å². The van der Waals surface area contributed by atoms with E-state index in [1.54, 1.807) is 10.7 Å². The largest absolute Gasteiger partial charge is 0.272 e. The van der Waals surface area contributed by atoms with E-state index in [9.17, 15) is 0 Å². The fourth-order valence-corrected chi connectivity index (χ4v) is 1.66. The number of hydrogen-bond donors (Lipinski definition) is 0. The highest BCUT2D eigenvalue weighted by atomic mass is 15.4. The average Bonchev–Trinajstić information content (AvgIpc) is 2.72. The number of nitrogens with zero attached hydrogens (tertiary/aromatic N) is 5. The van der Waals surface area contributed by atoms with Gasteiger partial charge in [-0.3, -0.25) is 0 Å². The molecule has 84 valence electrons. The van der Waals surface area contributed by atoms with E-state index in [-0.39, 0.29) is 0 Å². The molecule has 0 N–H and O–H groups in total. The van der Waals surface area contributed by atoms with E-state index in [4.69, 9.17) is 0 Å². The molecule has 0 amide bonds. The lowest BCUT2D eigenvalue weighted by atomic mass is 10.1. The predicted octanol–water partition coefficient (Wildman–Crippen LogP) is 1.80. The lowest BCUT2D eigenvalue weighted by Crippen LogP contribution is -1.97. The predicted molar refractivity (Wildman–Crippen MR) is 63.5 cm³/mol. The maximum atomic E-state index is 4.42. The van der Waals surface area contributed by atoms with Crippen LogP contribution >= 0.6 is 0 Å². The molecule has 0 aliphatic carbocycles. The average molecular weight is 225 g/mol. The number of aromatic nitrogens is 5. The van der Waals surface area contributed by atoms with Gasteiger partial charge in [0, 0.05) is 5.56 Å². The van der Waals surface area contributed by atoms with Gasteiger partial charge in [0.2, 0.25) is 0 Å². The summed E-state index contributed by atoms with van der Waals surface area (Å²) in [7, 11) is 0. The second kappa shape index (κ2) is 3.62. The van der Waals surface area contributed by atoms with Gasteiger partial charge < -0.3 is 0 Å². The minimum Gasteiger partial charge on any atom is -0.208 e. The first-order valence-electron chi connectivity index (χ1n) is 5.36. The van der Waals surface area contributed by atoms with Crippen LogP contribution < -0.4 is 0 Å². The van der Waals surface area contributed by atoms with Crippen LogP contribution in [-0.2, 0) is 0 Å². The van der Waals surface area contributed by atoms with Crippen molar-refractivity contribution in [2.45, 2.75) is 13.8 Å². The normalized spacial score (nSPS) is 10.9. The molecule has 0 unspecified atom stereocenters. The number of hydrogen-bond acceptors (Lipinski definition) is 4. The van der Waals surface area contributed by atoms with Gasteiger partial charge in [0.25, 0.3) is 5.78 Å². The van der Waals surface area contributed by atoms with E-state index in [1.807, 2.05) is 19.1 Å². The molecule has 1 aromatic carbocycles. The zero-order chi connectivity index (χ0) is 11.8. The fourth-order valence-electron chi connectivity index (χ4n) is 1.66. The summed E-state index contributed by atoms with van der Waals surface area (Å²) >= 11 is 0. The van der Waals surface area contributed by atoms with Gasteiger partial charge in [0.15, 0.2) is 5.82 Å². The number of benzene rings is 1. The van der Waals surface area contributed by atoms with Gasteiger partial charge in [-0.2, -0.15) is 9.61 Å². The van der Waals surface area contributed by atoms with Crippen molar-refractivity contribution in [1.29, 1.82) is 0 Å². The summed E-state index contributed by atoms with van der Waals surface area (Å²) in [6.45, 7) is 3.90. The third kappa shape index (κ3) is 1.65. The third-order valence-corrected chi connectivity index (χ3v) is 2.64. The standard InChI is InChI=1S/C12H11N5/c1-8-3-5-10(6-4-8)11-7-13-17-9(2)15-16-12(17)14-11/h3-7H,1-2H3. The van der Waals surface area contributed by atoms with Crippen molar-refractivity contribution in [1.82, 2.24) is 24.8 Å². The van der Waals surface area contributed by atoms with Crippen molar-refractivity contribution in [2.24, 2.45) is 0 Å². The summed E-state index contributed by atoms with van der Waals surface area (Å²) in [6, 6.07) is 8.16. The highest BCUT2D eigenvalue weighted by molar-refractivity contribution is 5.59. The van der Waals surface area contributed by atoms with E-state index in [2.05, 4.69) is 39.3 Å². The number of aryl methyl sites for hydroxylation is 2. The van der Waals surface area contributed by atoms with Gasteiger partial charge >= 0.3 is 0 Å². The molecule has 5 heteroatoms. The van der Waals surface area contributed by atoms with E-state index in [1.165, 1.54) is 5.56 Å². The third-order valence-electron chi connectivity index (χ3n) is 2.64. The second-order valence-corrected chi connectivity index (χ2v) is 3.97. The maximum absolute atomic E-state index is 4.42. The van der Waals surface area contributed by atoms with Gasteiger partial charge in [0.05, 0.1) is 11.9 Å². The molecule has 17 heavy (non-hydrogen) atoms. The zero-order valence-corrected chi connectivity index (χ0v) is 9.62. The van der Waals surface area contributed by atoms with Gasteiger partial charge in [-0.1, -0.05) is 29.8 Å². The molecular formula is C12H11N5. The molecule has 0 spiro atoms. The van der Waals surface area contributed by atoms with Crippen molar-refractivity contribution >= 4 is 5.78 Å². The molecule has 0 saturated carbocycles. The molecule has 2 heterocycles. The Kier molecular flexibility index (Phi) is 2.11. The SMILES string of the molecule is Cc1ccc(-c2cnn3c(C)nnc3n2)cc1. The topological polar surface area (TPSA) is 56.0 Å². The van der Waals surface area contributed by atoms with Crippen LogP contribution in [0.25, 0.3) is 17.0 Å². The van der Waals surface area contributed by atoms with Crippen LogP contribution in [0.1, 0.15) is 11.4 Å². The Morgan fingerprint density at radius 2 is 1.76 bits per heavy atom. The molecule has 0 aliphatic heterocycles. The van der Waals surface area contributed by atoms with Gasteiger partial charge in [0.1, 0.15) is 0 Å². The van der Waals surface area contributed by atoms with Crippen molar-refractivity contribution in [3.8, 4) is 11.3 Å². The van der Waals surface area contributed by atoms with Crippen molar-refractivity contribution < 1.29 is 0 Å². The minimum absolute atomic E-state index is 0.528. The van der Waals surface area contributed by atoms with Crippen molar-refractivity contribution in [3.05, 3.63) is 41.9 Å². The Balaban J connectivity index is 2.14. The Bertz CT molecular complexity index is 669. The first-order chi connectivity index (χ1) is 8.24. The van der Waals surface area contributed by atoms with Crippen LogP contribution in [-0.4, -0.2) is 24.8 Å². The lowest BCUT2D eigenvalue weighted by molar-refractivity contribution is 0.859. The van der Waals surface area contributed by atoms with E-state index in [0.717, 1.165) is 17.1 Å². The lowest BCUT2D eigenvalue weighted by Gasteiger charge is -2.01. The van der Waals surface area contributed by atoms with Crippen molar-refractivity contribution in [2.75, 3.05) is 0 Å². The summed E-state index contributed by atoms with van der Waals surface area (Å²) in [5.41, 5.74) is 3.07. The zero-order valence-electron chi connectivity index (χ0n) is 9.62. The number of rotatable bonds is 1. The molecule has 0 bridgehead atoms.